The fourth-order valence-electron chi connectivity index (χ4n) is 3.99. The average molecular weight is 474 g/mol. The minimum absolute atomic E-state index is 0.0128. The number of amides is 2. The molecule has 1 aliphatic rings. The molecule has 1 aromatic heterocycles. The van der Waals surface area contributed by atoms with Crippen LogP contribution in [0.25, 0.3) is 11.3 Å². The van der Waals surface area contributed by atoms with Gasteiger partial charge in [-0.25, -0.2) is 9.97 Å². The lowest BCUT2D eigenvalue weighted by Gasteiger charge is -2.20. The Hall–Kier alpha value is -3.98. The highest BCUT2D eigenvalue weighted by Gasteiger charge is 2.19. The van der Waals surface area contributed by atoms with Crippen LogP contribution in [0.1, 0.15) is 39.8 Å². The Labute approximate surface area is 205 Å². The number of hydrogen-bond donors (Lipinski definition) is 4. The van der Waals surface area contributed by atoms with Gasteiger partial charge in [0.05, 0.1) is 18.1 Å². The van der Waals surface area contributed by atoms with Gasteiger partial charge >= 0.3 is 0 Å². The number of nitrogen functional groups attached to an aromatic ring is 1. The number of aromatic nitrogens is 2. The molecule has 9 heteroatoms. The molecule has 1 fully saturated rings. The Balaban J connectivity index is 1.46. The quantitative estimate of drug-likeness (QED) is 0.406. The molecule has 2 heterocycles. The normalized spacial score (nSPS) is 14.6. The maximum absolute atomic E-state index is 12.9. The molecule has 1 aliphatic heterocycles. The summed E-state index contributed by atoms with van der Waals surface area (Å²) < 4.78 is 0. The zero-order valence-corrected chi connectivity index (χ0v) is 20.0. The first-order chi connectivity index (χ1) is 16.9. The number of rotatable bonds is 6. The molecule has 2 amide bonds. The van der Waals surface area contributed by atoms with Gasteiger partial charge in [-0.3, -0.25) is 9.59 Å². The molecular formula is C26H31N7O2. The molecule has 0 spiro atoms. The van der Waals surface area contributed by atoms with Gasteiger partial charge in [-0.05, 0) is 50.6 Å². The second kappa shape index (κ2) is 11.0. The average Bonchev–Trinajstić information content (AvgIpc) is 3.15. The van der Waals surface area contributed by atoms with E-state index in [0.717, 1.165) is 42.9 Å². The largest absolute Gasteiger partial charge is 0.382 e. The molecule has 0 bridgehead atoms. The lowest BCUT2D eigenvalue weighted by molar-refractivity contribution is 0.0766. The van der Waals surface area contributed by atoms with E-state index in [9.17, 15) is 9.59 Å². The van der Waals surface area contributed by atoms with Gasteiger partial charge in [0.2, 0.25) is 0 Å². The molecule has 1 atom stereocenters. The van der Waals surface area contributed by atoms with Crippen molar-refractivity contribution in [2.45, 2.75) is 26.4 Å². The number of carbonyl (C=O) groups excluding carboxylic acids is 2. The third kappa shape index (κ3) is 5.93. The van der Waals surface area contributed by atoms with Crippen LogP contribution in [-0.4, -0.2) is 59.0 Å². The summed E-state index contributed by atoms with van der Waals surface area (Å²) in [7, 11) is 0. The van der Waals surface area contributed by atoms with E-state index in [2.05, 4.69) is 25.9 Å². The highest BCUT2D eigenvalue weighted by atomic mass is 16.2. The number of nitrogens with two attached hydrogens (primary N) is 1. The minimum atomic E-state index is -0.424. The third-order valence-corrected chi connectivity index (χ3v) is 5.94. The molecule has 182 valence electrons. The predicted octanol–water partition coefficient (Wildman–Crippen LogP) is 2.66. The van der Waals surface area contributed by atoms with E-state index < -0.39 is 5.91 Å². The van der Waals surface area contributed by atoms with Crippen molar-refractivity contribution in [3.63, 3.8) is 0 Å². The van der Waals surface area contributed by atoms with Gasteiger partial charge in [0.25, 0.3) is 11.8 Å². The van der Waals surface area contributed by atoms with Gasteiger partial charge < -0.3 is 26.6 Å². The molecule has 4 rings (SSSR count). The van der Waals surface area contributed by atoms with Crippen molar-refractivity contribution in [2.75, 3.05) is 37.2 Å². The minimum Gasteiger partial charge on any atom is -0.382 e. The summed E-state index contributed by atoms with van der Waals surface area (Å²) in [6, 6.07) is 15.0. The van der Waals surface area contributed by atoms with Crippen molar-refractivity contribution in [3.05, 3.63) is 71.5 Å². The van der Waals surface area contributed by atoms with Gasteiger partial charge in [0.1, 0.15) is 0 Å². The molecule has 5 N–H and O–H groups in total. The summed E-state index contributed by atoms with van der Waals surface area (Å²) in [5, 5.41) is 9.44. The number of carbonyl (C=O) groups is 2. The SMILES string of the molecule is Cc1ccccc1NC(C)NC(=O)c1nc(-c2ccc(C(=O)N3CCCNCC3)cc2)cnc1N. The standard InChI is InChI=1S/C26H31N7O2/c1-17-6-3-4-7-21(17)30-18(2)31-25(34)23-24(27)29-16-22(32-23)19-8-10-20(11-9-19)26(35)33-14-5-12-28-13-15-33/h3-4,6-11,16,18,28,30H,5,12-15H2,1-2H3,(H2,27,29)(H,31,34). The topological polar surface area (TPSA) is 125 Å². The van der Waals surface area contributed by atoms with E-state index >= 15 is 0 Å². The second-order valence-electron chi connectivity index (χ2n) is 8.62. The summed E-state index contributed by atoms with van der Waals surface area (Å²) in [4.78, 5) is 36.2. The fraction of sp³-hybridized carbons (Fsp3) is 0.308. The fourth-order valence-corrected chi connectivity index (χ4v) is 3.99. The van der Waals surface area contributed by atoms with Crippen molar-refractivity contribution < 1.29 is 9.59 Å². The predicted molar refractivity (Wildman–Crippen MR) is 137 cm³/mol. The smallest absolute Gasteiger partial charge is 0.275 e. The maximum atomic E-state index is 12.9. The zero-order chi connectivity index (χ0) is 24.8. The zero-order valence-electron chi connectivity index (χ0n) is 20.0. The summed E-state index contributed by atoms with van der Waals surface area (Å²) >= 11 is 0. The third-order valence-electron chi connectivity index (χ3n) is 5.94. The van der Waals surface area contributed by atoms with Crippen LogP contribution in [0, 0.1) is 6.92 Å². The first-order valence-electron chi connectivity index (χ1n) is 11.8. The Morgan fingerprint density at radius 1 is 1.09 bits per heavy atom. The van der Waals surface area contributed by atoms with Crippen molar-refractivity contribution in [1.29, 1.82) is 0 Å². The van der Waals surface area contributed by atoms with Crippen LogP contribution in [0.15, 0.2) is 54.7 Å². The van der Waals surface area contributed by atoms with Crippen molar-refractivity contribution >= 4 is 23.3 Å². The van der Waals surface area contributed by atoms with Gasteiger partial charge in [0.15, 0.2) is 11.5 Å². The van der Waals surface area contributed by atoms with E-state index in [1.54, 1.807) is 12.1 Å². The van der Waals surface area contributed by atoms with Gasteiger partial charge in [-0.1, -0.05) is 30.3 Å². The van der Waals surface area contributed by atoms with Crippen LogP contribution in [0.3, 0.4) is 0 Å². The van der Waals surface area contributed by atoms with E-state index in [4.69, 9.17) is 5.73 Å². The molecule has 1 unspecified atom stereocenters. The Kier molecular flexibility index (Phi) is 7.57. The Morgan fingerprint density at radius 2 is 1.86 bits per heavy atom. The number of anilines is 2. The number of para-hydroxylation sites is 1. The van der Waals surface area contributed by atoms with E-state index in [1.165, 1.54) is 6.20 Å². The van der Waals surface area contributed by atoms with Gasteiger partial charge in [0, 0.05) is 36.4 Å². The maximum Gasteiger partial charge on any atom is 0.275 e. The van der Waals surface area contributed by atoms with E-state index in [1.807, 2.05) is 55.1 Å². The van der Waals surface area contributed by atoms with Gasteiger partial charge in [-0.15, -0.1) is 0 Å². The van der Waals surface area contributed by atoms with Crippen LogP contribution < -0.4 is 21.7 Å². The van der Waals surface area contributed by atoms with Crippen molar-refractivity contribution in [2.24, 2.45) is 0 Å². The second-order valence-corrected chi connectivity index (χ2v) is 8.62. The van der Waals surface area contributed by atoms with Crippen LogP contribution in [0.4, 0.5) is 11.5 Å². The van der Waals surface area contributed by atoms with Crippen LogP contribution in [0.5, 0.6) is 0 Å². The van der Waals surface area contributed by atoms with Crippen molar-refractivity contribution in [3.8, 4) is 11.3 Å². The first kappa shape index (κ1) is 24.2. The molecule has 1 saturated heterocycles. The van der Waals surface area contributed by atoms with E-state index in [0.29, 0.717) is 17.8 Å². The van der Waals surface area contributed by atoms with Crippen LogP contribution >= 0.6 is 0 Å². The number of nitrogens with one attached hydrogen (secondary N) is 3. The Morgan fingerprint density at radius 3 is 2.63 bits per heavy atom. The highest BCUT2D eigenvalue weighted by molar-refractivity contribution is 5.97. The molecular weight excluding hydrogens is 442 g/mol. The molecule has 0 aliphatic carbocycles. The Bertz CT molecular complexity index is 1190. The number of nitrogens with zero attached hydrogens (tertiary/aromatic N) is 3. The molecule has 0 saturated carbocycles. The monoisotopic (exact) mass is 473 g/mol. The molecule has 2 aromatic carbocycles. The van der Waals surface area contributed by atoms with Crippen molar-refractivity contribution in [1.82, 2.24) is 25.5 Å². The summed E-state index contributed by atoms with van der Waals surface area (Å²) in [5.41, 5.74) is 9.89. The molecule has 3 aromatic rings. The molecule has 0 radical (unpaired) electrons. The number of aryl methyl sites for hydroxylation is 1. The number of benzene rings is 2. The van der Waals surface area contributed by atoms with Gasteiger partial charge in [-0.2, -0.15) is 0 Å². The highest BCUT2D eigenvalue weighted by Crippen LogP contribution is 2.20. The molecule has 9 nitrogen and oxygen atoms in total. The first-order valence-corrected chi connectivity index (χ1v) is 11.8. The van der Waals surface area contributed by atoms with E-state index in [-0.39, 0.29) is 23.6 Å². The molecule has 35 heavy (non-hydrogen) atoms. The van der Waals surface area contributed by atoms with Crippen LogP contribution in [-0.2, 0) is 0 Å². The summed E-state index contributed by atoms with van der Waals surface area (Å²) in [6.07, 6.45) is 2.11. The summed E-state index contributed by atoms with van der Waals surface area (Å²) in [5.74, 6) is -0.359. The lowest BCUT2D eigenvalue weighted by atomic mass is 10.1. The lowest BCUT2D eigenvalue weighted by Crippen LogP contribution is -2.39. The van der Waals surface area contributed by atoms with Crippen LogP contribution in [0.2, 0.25) is 0 Å². The summed E-state index contributed by atoms with van der Waals surface area (Å²) in [6.45, 7) is 7.00. The number of hydrogen-bond acceptors (Lipinski definition) is 7.